The highest BCUT2D eigenvalue weighted by Gasteiger charge is 2.21. The zero-order valence-electron chi connectivity index (χ0n) is 18.4. The third kappa shape index (κ3) is 6.73. The van der Waals surface area contributed by atoms with E-state index >= 15 is 0 Å². The minimum atomic E-state index is -0.360. The number of urea groups is 1. The molecule has 1 aliphatic carbocycles. The Morgan fingerprint density at radius 1 is 1.19 bits per heavy atom. The van der Waals surface area contributed by atoms with E-state index in [9.17, 15) is 9.59 Å². The second-order valence-electron chi connectivity index (χ2n) is 8.01. The first-order chi connectivity index (χ1) is 15.1. The van der Waals surface area contributed by atoms with Crippen molar-refractivity contribution in [1.82, 2.24) is 25.5 Å². The zero-order chi connectivity index (χ0) is 22.1. The average molecular weight is 428 g/mol. The van der Waals surface area contributed by atoms with Crippen molar-refractivity contribution in [3.63, 3.8) is 0 Å². The molecule has 0 aliphatic heterocycles. The first-order valence-corrected chi connectivity index (χ1v) is 11.0. The molecule has 1 saturated carbocycles. The standard InChI is InChI=1S/C23H33N5O3/c1-28-16-15-24-22(28)21(17-10-12-19(31-2)13-11-17)27-20(29)9-6-14-25-23(30)26-18-7-4-3-5-8-18/h10-13,15-16,18,21H,3-9,14H2,1-2H3,(H,27,29)(H2,25,26,30). The third-order valence-corrected chi connectivity index (χ3v) is 5.68. The smallest absolute Gasteiger partial charge is 0.315 e. The van der Waals surface area contributed by atoms with Crippen LogP contribution >= 0.6 is 0 Å². The van der Waals surface area contributed by atoms with Crippen LogP contribution in [0.4, 0.5) is 4.79 Å². The molecule has 1 aromatic heterocycles. The number of aryl methyl sites for hydroxylation is 1. The molecule has 0 radical (unpaired) electrons. The van der Waals surface area contributed by atoms with Gasteiger partial charge in [-0.2, -0.15) is 0 Å². The minimum Gasteiger partial charge on any atom is -0.497 e. The Labute approximate surface area is 183 Å². The number of benzene rings is 1. The summed E-state index contributed by atoms with van der Waals surface area (Å²) in [5.41, 5.74) is 0.924. The van der Waals surface area contributed by atoms with E-state index in [0.29, 0.717) is 19.4 Å². The minimum absolute atomic E-state index is 0.0849. The molecule has 1 heterocycles. The lowest BCUT2D eigenvalue weighted by Crippen LogP contribution is -2.43. The lowest BCUT2D eigenvalue weighted by molar-refractivity contribution is -0.121. The number of imidazole rings is 1. The van der Waals surface area contributed by atoms with Crippen LogP contribution in [-0.4, -0.2) is 41.2 Å². The maximum absolute atomic E-state index is 12.6. The van der Waals surface area contributed by atoms with Crippen LogP contribution in [0, 0.1) is 0 Å². The number of methoxy groups -OCH3 is 1. The Morgan fingerprint density at radius 2 is 1.94 bits per heavy atom. The molecule has 1 aromatic carbocycles. The van der Waals surface area contributed by atoms with Gasteiger partial charge in [0, 0.05) is 38.4 Å². The molecule has 3 amide bonds. The fraction of sp³-hybridized carbons (Fsp3) is 0.522. The van der Waals surface area contributed by atoms with Crippen molar-refractivity contribution in [2.45, 2.75) is 57.0 Å². The van der Waals surface area contributed by atoms with Crippen molar-refractivity contribution < 1.29 is 14.3 Å². The van der Waals surface area contributed by atoms with Gasteiger partial charge in [-0.15, -0.1) is 0 Å². The monoisotopic (exact) mass is 427 g/mol. The van der Waals surface area contributed by atoms with Gasteiger partial charge in [-0.05, 0) is 37.0 Å². The largest absolute Gasteiger partial charge is 0.497 e. The van der Waals surface area contributed by atoms with Crippen LogP contribution in [0.2, 0.25) is 0 Å². The zero-order valence-corrected chi connectivity index (χ0v) is 18.4. The van der Waals surface area contributed by atoms with E-state index < -0.39 is 0 Å². The second-order valence-corrected chi connectivity index (χ2v) is 8.01. The van der Waals surface area contributed by atoms with E-state index in [1.807, 2.05) is 42.1 Å². The quantitative estimate of drug-likeness (QED) is 0.536. The van der Waals surface area contributed by atoms with Crippen molar-refractivity contribution >= 4 is 11.9 Å². The molecule has 1 aliphatic rings. The molecular formula is C23H33N5O3. The number of amides is 3. The second kappa shape index (κ2) is 11.4. The highest BCUT2D eigenvalue weighted by Crippen LogP contribution is 2.23. The Morgan fingerprint density at radius 3 is 2.58 bits per heavy atom. The number of rotatable bonds is 9. The van der Waals surface area contributed by atoms with Crippen LogP contribution in [0.5, 0.6) is 5.75 Å². The van der Waals surface area contributed by atoms with Crippen LogP contribution in [0.25, 0.3) is 0 Å². The molecule has 168 valence electrons. The number of nitrogens with zero attached hydrogens (tertiary/aromatic N) is 2. The van der Waals surface area contributed by atoms with Crippen molar-refractivity contribution in [3.05, 3.63) is 48.0 Å². The van der Waals surface area contributed by atoms with Crippen molar-refractivity contribution in [1.29, 1.82) is 0 Å². The van der Waals surface area contributed by atoms with Crippen molar-refractivity contribution in [2.75, 3.05) is 13.7 Å². The number of nitrogens with one attached hydrogen (secondary N) is 3. The first-order valence-electron chi connectivity index (χ1n) is 11.0. The SMILES string of the molecule is COc1ccc(C(NC(=O)CCCNC(=O)NC2CCCCC2)c2nccn2C)cc1. The summed E-state index contributed by atoms with van der Waals surface area (Å²) in [4.78, 5) is 29.1. The van der Waals surface area contributed by atoms with Gasteiger partial charge in [-0.1, -0.05) is 31.4 Å². The normalized spacial score (nSPS) is 15.2. The molecule has 1 fully saturated rings. The summed E-state index contributed by atoms with van der Waals surface area (Å²) in [5.74, 6) is 1.42. The Balaban J connectivity index is 1.48. The van der Waals surface area contributed by atoms with Crippen LogP contribution in [0.1, 0.15) is 62.4 Å². The van der Waals surface area contributed by atoms with Gasteiger partial charge in [0.25, 0.3) is 0 Å². The molecule has 1 unspecified atom stereocenters. The highest BCUT2D eigenvalue weighted by molar-refractivity contribution is 5.77. The number of ether oxygens (including phenoxy) is 1. The van der Waals surface area contributed by atoms with Gasteiger partial charge < -0.3 is 25.3 Å². The van der Waals surface area contributed by atoms with Gasteiger partial charge in [-0.25, -0.2) is 9.78 Å². The van der Waals surface area contributed by atoms with E-state index in [1.165, 1.54) is 19.3 Å². The summed E-state index contributed by atoms with van der Waals surface area (Å²) in [5, 5.41) is 8.96. The Hall–Kier alpha value is -3.03. The van der Waals surface area contributed by atoms with Gasteiger partial charge in [0.1, 0.15) is 17.6 Å². The fourth-order valence-corrected chi connectivity index (χ4v) is 3.92. The maximum Gasteiger partial charge on any atom is 0.315 e. The van der Waals surface area contributed by atoms with Crippen molar-refractivity contribution in [3.8, 4) is 5.75 Å². The molecule has 8 nitrogen and oxygen atoms in total. The number of aromatic nitrogens is 2. The van der Waals surface area contributed by atoms with Gasteiger partial charge >= 0.3 is 6.03 Å². The highest BCUT2D eigenvalue weighted by atomic mass is 16.5. The summed E-state index contributed by atoms with van der Waals surface area (Å²) in [6.07, 6.45) is 10.2. The summed E-state index contributed by atoms with van der Waals surface area (Å²) in [7, 11) is 3.52. The van der Waals surface area contributed by atoms with Crippen LogP contribution in [-0.2, 0) is 11.8 Å². The molecule has 1 atom stereocenters. The molecule has 0 spiro atoms. The summed E-state index contributed by atoms with van der Waals surface area (Å²) in [6, 6.07) is 7.36. The van der Waals surface area contributed by atoms with Crippen LogP contribution in [0.3, 0.4) is 0 Å². The molecule has 8 heteroatoms. The fourth-order valence-electron chi connectivity index (χ4n) is 3.92. The maximum atomic E-state index is 12.6. The van der Waals surface area contributed by atoms with Crippen molar-refractivity contribution in [2.24, 2.45) is 7.05 Å². The molecule has 0 saturated heterocycles. The topological polar surface area (TPSA) is 97.3 Å². The average Bonchev–Trinajstić information content (AvgIpc) is 3.21. The predicted octanol–water partition coefficient (Wildman–Crippen LogP) is 3.05. The summed E-state index contributed by atoms with van der Waals surface area (Å²) >= 11 is 0. The summed E-state index contributed by atoms with van der Waals surface area (Å²) < 4.78 is 7.12. The number of carbonyl (C=O) groups excluding carboxylic acids is 2. The van der Waals surface area contributed by atoms with Gasteiger partial charge in [0.05, 0.1) is 7.11 Å². The predicted molar refractivity (Wildman–Crippen MR) is 119 cm³/mol. The summed E-state index contributed by atoms with van der Waals surface area (Å²) in [6.45, 7) is 0.460. The first kappa shape index (κ1) is 22.7. The van der Waals surface area contributed by atoms with Crippen LogP contribution < -0.4 is 20.7 Å². The number of hydrogen-bond acceptors (Lipinski definition) is 4. The molecular weight excluding hydrogens is 394 g/mol. The molecule has 3 rings (SSSR count). The molecule has 0 bridgehead atoms. The third-order valence-electron chi connectivity index (χ3n) is 5.68. The Bertz CT molecular complexity index is 843. The van der Waals surface area contributed by atoms with E-state index in [4.69, 9.17) is 4.74 Å². The van der Waals surface area contributed by atoms with E-state index in [-0.39, 0.29) is 24.0 Å². The van der Waals surface area contributed by atoms with Gasteiger partial charge in [0.2, 0.25) is 5.91 Å². The van der Waals surface area contributed by atoms with E-state index in [2.05, 4.69) is 20.9 Å². The lowest BCUT2D eigenvalue weighted by Gasteiger charge is -2.23. The molecule has 3 N–H and O–H groups in total. The van der Waals surface area contributed by atoms with Gasteiger partial charge in [-0.3, -0.25) is 4.79 Å². The lowest BCUT2D eigenvalue weighted by atomic mass is 9.96. The molecule has 31 heavy (non-hydrogen) atoms. The molecule has 2 aromatic rings. The van der Waals surface area contributed by atoms with E-state index in [0.717, 1.165) is 30.0 Å². The number of carbonyl (C=O) groups is 2. The van der Waals surface area contributed by atoms with E-state index in [1.54, 1.807) is 13.3 Å². The van der Waals surface area contributed by atoms with Crippen LogP contribution in [0.15, 0.2) is 36.7 Å². The number of hydrogen-bond donors (Lipinski definition) is 3. The Kier molecular flexibility index (Phi) is 8.32. The van der Waals surface area contributed by atoms with Gasteiger partial charge in [0.15, 0.2) is 0 Å².